The minimum absolute atomic E-state index is 0.0654. The van der Waals surface area contributed by atoms with Crippen LogP contribution in [0.4, 0.5) is 5.69 Å². The first-order valence-corrected chi connectivity index (χ1v) is 13.4. The van der Waals surface area contributed by atoms with Crippen LogP contribution in [0.15, 0.2) is 73.4 Å². The molecule has 0 aliphatic carbocycles. The lowest BCUT2D eigenvalue weighted by Gasteiger charge is -2.14. The third-order valence-corrected chi connectivity index (χ3v) is 6.97. The highest BCUT2D eigenvalue weighted by Gasteiger charge is 2.22. The van der Waals surface area contributed by atoms with Crippen molar-refractivity contribution >= 4 is 60.6 Å². The van der Waals surface area contributed by atoms with Gasteiger partial charge in [-0.3, -0.25) is 14.9 Å². The van der Waals surface area contributed by atoms with Crippen molar-refractivity contribution in [3.05, 3.63) is 107 Å². The fourth-order valence-electron chi connectivity index (χ4n) is 3.84. The SMILES string of the molecule is CC[C@H](C)c1nc2ccc(Br)cc2c(=O)n1N=Cc1cc(Br)cc([N+](=O)[O-])c1OCc1cccc(C(=O)O)c1. The summed E-state index contributed by atoms with van der Waals surface area (Å²) >= 11 is 6.68. The van der Waals surface area contributed by atoms with Crippen molar-refractivity contribution in [1.82, 2.24) is 9.66 Å². The predicted molar refractivity (Wildman–Crippen MR) is 154 cm³/mol. The molecule has 0 saturated heterocycles. The molecule has 12 heteroatoms. The topological polar surface area (TPSA) is 137 Å². The predicted octanol–water partition coefficient (Wildman–Crippen LogP) is 6.50. The summed E-state index contributed by atoms with van der Waals surface area (Å²) in [6.07, 6.45) is 2.02. The minimum atomic E-state index is -1.10. The Hall–Kier alpha value is -3.90. The van der Waals surface area contributed by atoms with Crippen LogP contribution >= 0.6 is 31.9 Å². The molecule has 0 fully saturated rings. The molecule has 0 unspecified atom stereocenters. The second-order valence-electron chi connectivity index (χ2n) is 8.70. The lowest BCUT2D eigenvalue weighted by Crippen LogP contribution is -2.23. The van der Waals surface area contributed by atoms with Crippen LogP contribution in [0, 0.1) is 10.1 Å². The Kier molecular flexibility index (Phi) is 8.56. The van der Waals surface area contributed by atoms with E-state index in [1.54, 1.807) is 36.4 Å². The number of nitrogens with zero attached hydrogens (tertiary/aromatic N) is 4. The Balaban J connectivity index is 1.82. The summed E-state index contributed by atoms with van der Waals surface area (Å²) in [5.41, 5.74) is 0.642. The zero-order chi connectivity index (χ0) is 28.3. The van der Waals surface area contributed by atoms with Gasteiger partial charge in [0.05, 0.1) is 27.6 Å². The lowest BCUT2D eigenvalue weighted by molar-refractivity contribution is -0.386. The Morgan fingerprint density at radius 3 is 2.67 bits per heavy atom. The van der Waals surface area contributed by atoms with Gasteiger partial charge in [0, 0.05) is 26.5 Å². The maximum atomic E-state index is 13.5. The first-order chi connectivity index (χ1) is 18.6. The number of nitro groups is 1. The number of aromatic carboxylic acids is 1. The van der Waals surface area contributed by atoms with E-state index in [-0.39, 0.29) is 40.6 Å². The third kappa shape index (κ3) is 6.23. The van der Waals surface area contributed by atoms with Crippen molar-refractivity contribution in [2.45, 2.75) is 32.8 Å². The van der Waals surface area contributed by atoms with Crippen molar-refractivity contribution in [1.29, 1.82) is 0 Å². The molecule has 0 aliphatic rings. The summed E-state index contributed by atoms with van der Waals surface area (Å²) in [7, 11) is 0. The summed E-state index contributed by atoms with van der Waals surface area (Å²) in [4.78, 5) is 40.8. The summed E-state index contributed by atoms with van der Waals surface area (Å²) in [6, 6.07) is 14.2. The summed E-state index contributed by atoms with van der Waals surface area (Å²) in [5, 5.41) is 25.9. The molecule has 0 saturated carbocycles. The van der Waals surface area contributed by atoms with Crippen molar-refractivity contribution in [3.63, 3.8) is 0 Å². The first kappa shape index (κ1) is 28.1. The molecule has 1 N–H and O–H groups in total. The van der Waals surface area contributed by atoms with Crippen LogP contribution in [0.25, 0.3) is 10.9 Å². The van der Waals surface area contributed by atoms with Gasteiger partial charge in [-0.1, -0.05) is 57.8 Å². The summed E-state index contributed by atoms with van der Waals surface area (Å²) in [5.74, 6) is -0.830. The summed E-state index contributed by atoms with van der Waals surface area (Å²) in [6.45, 7) is 3.77. The van der Waals surface area contributed by atoms with Crippen LogP contribution in [0.5, 0.6) is 5.75 Å². The van der Waals surface area contributed by atoms with Gasteiger partial charge in [0.2, 0.25) is 5.75 Å². The van der Waals surface area contributed by atoms with Crippen molar-refractivity contribution in [2.75, 3.05) is 0 Å². The zero-order valence-electron chi connectivity index (χ0n) is 20.8. The fourth-order valence-corrected chi connectivity index (χ4v) is 4.66. The van der Waals surface area contributed by atoms with Gasteiger partial charge in [-0.15, -0.1) is 0 Å². The van der Waals surface area contributed by atoms with E-state index >= 15 is 0 Å². The molecular weight excluding hydrogens is 636 g/mol. The van der Waals surface area contributed by atoms with Gasteiger partial charge >= 0.3 is 11.7 Å². The molecule has 1 atom stereocenters. The number of benzene rings is 3. The van der Waals surface area contributed by atoms with Crippen LogP contribution in [-0.2, 0) is 6.61 Å². The highest BCUT2D eigenvalue weighted by molar-refractivity contribution is 9.10. The molecule has 4 rings (SSSR count). The van der Waals surface area contributed by atoms with Crippen LogP contribution in [-0.4, -0.2) is 31.9 Å². The summed E-state index contributed by atoms with van der Waals surface area (Å²) < 4.78 is 8.18. The molecule has 0 radical (unpaired) electrons. The average molecular weight is 658 g/mol. The van der Waals surface area contributed by atoms with E-state index in [2.05, 4.69) is 41.9 Å². The van der Waals surface area contributed by atoms with E-state index in [0.717, 1.165) is 0 Å². The van der Waals surface area contributed by atoms with Gasteiger partial charge in [0.1, 0.15) is 12.4 Å². The van der Waals surface area contributed by atoms with E-state index in [1.807, 2.05) is 13.8 Å². The van der Waals surface area contributed by atoms with E-state index in [0.29, 0.717) is 37.7 Å². The quantitative estimate of drug-likeness (QED) is 0.123. The van der Waals surface area contributed by atoms with Crippen LogP contribution < -0.4 is 10.3 Å². The molecule has 4 aromatic rings. The van der Waals surface area contributed by atoms with Crippen LogP contribution in [0.2, 0.25) is 0 Å². The van der Waals surface area contributed by atoms with Crippen LogP contribution in [0.1, 0.15) is 53.5 Å². The van der Waals surface area contributed by atoms with Crippen molar-refractivity contribution in [2.24, 2.45) is 5.10 Å². The molecule has 1 heterocycles. The van der Waals surface area contributed by atoms with Crippen molar-refractivity contribution < 1.29 is 19.6 Å². The molecular formula is C27H22Br2N4O6. The molecule has 39 heavy (non-hydrogen) atoms. The number of fused-ring (bicyclic) bond motifs is 1. The maximum absolute atomic E-state index is 13.5. The minimum Gasteiger partial charge on any atom is -0.481 e. The highest BCUT2D eigenvalue weighted by Crippen LogP contribution is 2.34. The van der Waals surface area contributed by atoms with Crippen molar-refractivity contribution in [3.8, 4) is 5.75 Å². The van der Waals surface area contributed by atoms with Crippen LogP contribution in [0.3, 0.4) is 0 Å². The third-order valence-electron chi connectivity index (χ3n) is 6.02. The number of halogens is 2. The number of hydrogen-bond donors (Lipinski definition) is 1. The molecule has 0 spiro atoms. The molecule has 3 aromatic carbocycles. The molecule has 200 valence electrons. The second kappa shape index (κ2) is 11.9. The standard InChI is InChI=1S/C27H22Br2N4O6/c1-3-15(2)25-31-22-8-7-19(28)11-21(22)26(34)32(25)30-13-18-10-20(29)12-23(33(37)38)24(18)39-14-16-5-4-6-17(9-16)27(35)36/h4-13,15H,3,14H2,1-2H3,(H,35,36)/t15-/m0/s1. The smallest absolute Gasteiger partial charge is 0.335 e. The molecule has 0 amide bonds. The van der Waals surface area contributed by atoms with E-state index < -0.39 is 10.9 Å². The fraction of sp³-hybridized carbons (Fsp3) is 0.185. The van der Waals surface area contributed by atoms with Gasteiger partial charge in [-0.05, 0) is 48.4 Å². The Morgan fingerprint density at radius 2 is 1.97 bits per heavy atom. The molecule has 1 aromatic heterocycles. The monoisotopic (exact) mass is 656 g/mol. The normalized spacial score (nSPS) is 12.1. The molecule has 0 bridgehead atoms. The molecule has 0 aliphatic heterocycles. The number of hydrogen-bond acceptors (Lipinski definition) is 7. The number of nitro benzene ring substituents is 1. The number of ether oxygens (including phenoxy) is 1. The van der Waals surface area contributed by atoms with Gasteiger partial charge in [-0.2, -0.15) is 9.78 Å². The van der Waals surface area contributed by atoms with E-state index in [1.165, 1.54) is 29.1 Å². The number of rotatable bonds is 9. The number of aromatic nitrogens is 2. The van der Waals surface area contributed by atoms with E-state index in [9.17, 15) is 24.8 Å². The zero-order valence-corrected chi connectivity index (χ0v) is 24.0. The lowest BCUT2D eigenvalue weighted by atomic mass is 10.1. The number of carbonyl (C=O) groups is 1. The largest absolute Gasteiger partial charge is 0.481 e. The van der Waals surface area contributed by atoms with Gasteiger partial charge in [0.25, 0.3) is 5.56 Å². The number of carboxylic acid groups (broad SMARTS) is 1. The van der Waals surface area contributed by atoms with Gasteiger partial charge in [0.15, 0.2) is 0 Å². The first-order valence-electron chi connectivity index (χ1n) is 11.8. The Morgan fingerprint density at radius 1 is 1.21 bits per heavy atom. The highest BCUT2D eigenvalue weighted by atomic mass is 79.9. The molecule has 10 nitrogen and oxygen atoms in total. The second-order valence-corrected chi connectivity index (χ2v) is 10.5. The Bertz CT molecular complexity index is 1690. The average Bonchev–Trinajstić information content (AvgIpc) is 2.91. The number of carboxylic acids is 1. The van der Waals surface area contributed by atoms with Gasteiger partial charge < -0.3 is 9.84 Å². The van der Waals surface area contributed by atoms with Gasteiger partial charge in [-0.25, -0.2) is 9.78 Å². The maximum Gasteiger partial charge on any atom is 0.335 e. The Labute approximate surface area is 239 Å². The van der Waals surface area contributed by atoms with E-state index in [4.69, 9.17) is 4.74 Å².